The Kier molecular flexibility index (Phi) is 5.98. The second-order valence-electron chi connectivity index (χ2n) is 7.33. The molecule has 3 aromatic carbocycles. The molecule has 0 aliphatic heterocycles. The average molecular weight is 443 g/mol. The van der Waals surface area contributed by atoms with E-state index in [9.17, 15) is 15.2 Å². The Morgan fingerprint density at radius 2 is 1.81 bits per heavy atom. The Balaban J connectivity index is 1.77. The van der Waals surface area contributed by atoms with Crippen LogP contribution in [0.5, 0.6) is 11.5 Å². The molecule has 158 valence electrons. The molecule has 0 spiro atoms. The van der Waals surface area contributed by atoms with E-state index in [1.165, 1.54) is 0 Å². The molecule has 0 saturated heterocycles. The summed E-state index contributed by atoms with van der Waals surface area (Å²) < 4.78 is 5.90. The summed E-state index contributed by atoms with van der Waals surface area (Å²) in [6.45, 7) is 2.12. The lowest BCUT2D eigenvalue weighted by atomic mass is 9.98. The number of nitriles is 1. The highest BCUT2D eigenvalue weighted by Crippen LogP contribution is 2.36. The number of aromatic hydroxyl groups is 1. The van der Waals surface area contributed by atoms with Gasteiger partial charge in [0.1, 0.15) is 29.7 Å². The number of aromatic amines is 1. The Hall–Kier alpha value is -4.01. The lowest BCUT2D eigenvalue weighted by Crippen LogP contribution is -2.12. The number of nitrogens with one attached hydrogen (secondary N) is 1. The van der Waals surface area contributed by atoms with Gasteiger partial charge < -0.3 is 14.8 Å². The zero-order valence-corrected chi connectivity index (χ0v) is 18.0. The van der Waals surface area contributed by atoms with Gasteiger partial charge >= 0.3 is 0 Å². The number of phenols is 1. The van der Waals surface area contributed by atoms with E-state index in [1.807, 2.05) is 42.5 Å². The van der Waals surface area contributed by atoms with E-state index >= 15 is 0 Å². The molecule has 0 saturated carbocycles. The molecule has 0 amide bonds. The van der Waals surface area contributed by atoms with Crippen LogP contribution in [0.2, 0.25) is 5.02 Å². The van der Waals surface area contributed by atoms with Gasteiger partial charge in [0.15, 0.2) is 0 Å². The minimum absolute atomic E-state index is 0.0145. The molecule has 0 atom stereocenters. The van der Waals surface area contributed by atoms with Gasteiger partial charge in [0.25, 0.3) is 5.56 Å². The average Bonchev–Trinajstić information content (AvgIpc) is 2.80. The molecule has 0 aliphatic carbocycles. The van der Waals surface area contributed by atoms with Crippen LogP contribution >= 0.6 is 11.6 Å². The fourth-order valence-corrected chi connectivity index (χ4v) is 3.75. The van der Waals surface area contributed by atoms with E-state index in [0.717, 1.165) is 5.56 Å². The fourth-order valence-electron chi connectivity index (χ4n) is 3.48. The van der Waals surface area contributed by atoms with Crippen LogP contribution in [0.3, 0.4) is 0 Å². The van der Waals surface area contributed by atoms with Crippen LogP contribution in [-0.4, -0.2) is 10.1 Å². The number of aryl methyl sites for hydroxylation is 1. The molecule has 4 rings (SSSR count). The lowest BCUT2D eigenvalue weighted by Gasteiger charge is -2.12. The normalized spacial score (nSPS) is 10.5. The van der Waals surface area contributed by atoms with Crippen molar-refractivity contribution < 1.29 is 9.84 Å². The van der Waals surface area contributed by atoms with Crippen molar-refractivity contribution in [2.75, 3.05) is 0 Å². The SMILES string of the molecule is Cc1cc(Cl)cc(-c2cc(-c3cccc(OCc4ccccc4)c3)c(C#N)c(=O)[nH]2)c1O. The van der Waals surface area contributed by atoms with E-state index in [2.05, 4.69) is 4.98 Å². The van der Waals surface area contributed by atoms with Crippen LogP contribution in [0.1, 0.15) is 16.7 Å². The Morgan fingerprint density at radius 1 is 1.03 bits per heavy atom. The van der Waals surface area contributed by atoms with Crippen molar-refractivity contribution in [3.8, 4) is 40.0 Å². The minimum Gasteiger partial charge on any atom is -0.507 e. The molecule has 0 bridgehead atoms. The van der Waals surface area contributed by atoms with Gasteiger partial charge in [0.2, 0.25) is 0 Å². The number of hydrogen-bond donors (Lipinski definition) is 2. The van der Waals surface area contributed by atoms with Gasteiger partial charge in [-0.3, -0.25) is 4.79 Å². The third-order valence-corrected chi connectivity index (χ3v) is 5.31. The number of nitrogens with zero attached hydrogens (tertiary/aromatic N) is 1. The molecule has 0 radical (unpaired) electrons. The van der Waals surface area contributed by atoms with Crippen molar-refractivity contribution in [1.29, 1.82) is 5.26 Å². The number of halogens is 1. The van der Waals surface area contributed by atoms with E-state index in [-0.39, 0.29) is 11.3 Å². The summed E-state index contributed by atoms with van der Waals surface area (Å²) in [5.41, 5.74) is 2.87. The first-order chi connectivity index (χ1) is 15.5. The Morgan fingerprint density at radius 3 is 2.56 bits per heavy atom. The maximum Gasteiger partial charge on any atom is 0.266 e. The number of rotatable bonds is 5. The van der Waals surface area contributed by atoms with E-state index in [4.69, 9.17) is 16.3 Å². The largest absolute Gasteiger partial charge is 0.507 e. The second-order valence-corrected chi connectivity index (χ2v) is 7.77. The molecule has 32 heavy (non-hydrogen) atoms. The number of hydrogen-bond acceptors (Lipinski definition) is 4. The van der Waals surface area contributed by atoms with Crippen LogP contribution in [0.15, 0.2) is 77.6 Å². The summed E-state index contributed by atoms with van der Waals surface area (Å²) in [4.78, 5) is 15.4. The van der Waals surface area contributed by atoms with E-state index < -0.39 is 5.56 Å². The van der Waals surface area contributed by atoms with Gasteiger partial charge in [-0.25, -0.2) is 0 Å². The van der Waals surface area contributed by atoms with Crippen LogP contribution in [0.25, 0.3) is 22.4 Å². The molecule has 0 aliphatic rings. The molecule has 5 nitrogen and oxygen atoms in total. The zero-order valence-electron chi connectivity index (χ0n) is 17.2. The fraction of sp³-hybridized carbons (Fsp3) is 0.0769. The maximum absolute atomic E-state index is 12.7. The van der Waals surface area contributed by atoms with Crippen molar-refractivity contribution in [1.82, 2.24) is 4.98 Å². The maximum atomic E-state index is 12.7. The molecule has 1 aromatic heterocycles. The summed E-state index contributed by atoms with van der Waals surface area (Å²) in [7, 11) is 0. The third-order valence-electron chi connectivity index (χ3n) is 5.09. The predicted molar refractivity (Wildman–Crippen MR) is 125 cm³/mol. The van der Waals surface area contributed by atoms with Crippen LogP contribution in [0, 0.1) is 18.3 Å². The van der Waals surface area contributed by atoms with Crippen molar-refractivity contribution in [2.24, 2.45) is 0 Å². The topological polar surface area (TPSA) is 86.1 Å². The van der Waals surface area contributed by atoms with Crippen molar-refractivity contribution in [2.45, 2.75) is 13.5 Å². The smallest absolute Gasteiger partial charge is 0.266 e. The van der Waals surface area contributed by atoms with Crippen LogP contribution < -0.4 is 10.3 Å². The van der Waals surface area contributed by atoms with Gasteiger partial charge in [-0.15, -0.1) is 0 Å². The quantitative estimate of drug-likeness (QED) is 0.407. The minimum atomic E-state index is -0.548. The molecule has 6 heteroatoms. The zero-order chi connectivity index (χ0) is 22.7. The number of H-pyrrole nitrogens is 1. The standard InChI is InChI=1S/C26H19ClN2O3/c1-16-10-19(27)12-22(25(16)30)24-13-21(23(14-28)26(31)29-24)18-8-5-9-20(11-18)32-15-17-6-3-2-4-7-17/h2-13,30H,15H2,1H3,(H,29,31). The first-order valence-electron chi connectivity index (χ1n) is 9.90. The molecule has 0 unspecified atom stereocenters. The van der Waals surface area contributed by atoms with Gasteiger partial charge in [-0.1, -0.05) is 54.1 Å². The molecular formula is C26H19ClN2O3. The van der Waals surface area contributed by atoms with E-state index in [1.54, 1.807) is 43.3 Å². The first kappa shape index (κ1) is 21.2. The van der Waals surface area contributed by atoms with Gasteiger partial charge in [-0.05, 0) is 53.9 Å². The van der Waals surface area contributed by atoms with Crippen LogP contribution in [-0.2, 0) is 6.61 Å². The molecular weight excluding hydrogens is 424 g/mol. The summed E-state index contributed by atoms with van der Waals surface area (Å²) in [5.74, 6) is 0.624. The van der Waals surface area contributed by atoms with Gasteiger partial charge in [0, 0.05) is 16.1 Å². The third kappa shape index (κ3) is 4.36. The highest BCUT2D eigenvalue weighted by Gasteiger charge is 2.16. The monoisotopic (exact) mass is 442 g/mol. The molecule has 1 heterocycles. The van der Waals surface area contributed by atoms with Gasteiger partial charge in [0.05, 0.1) is 5.69 Å². The first-order valence-corrected chi connectivity index (χ1v) is 10.3. The number of benzene rings is 3. The molecule has 2 N–H and O–H groups in total. The van der Waals surface area contributed by atoms with Gasteiger partial charge in [-0.2, -0.15) is 5.26 Å². The van der Waals surface area contributed by atoms with E-state index in [0.29, 0.717) is 45.3 Å². The summed E-state index contributed by atoms with van der Waals surface area (Å²) >= 11 is 6.16. The number of pyridine rings is 1. The number of ether oxygens (including phenoxy) is 1. The molecule has 4 aromatic rings. The Bertz CT molecular complexity index is 1390. The predicted octanol–water partition coefficient (Wildman–Crippen LogP) is 5.83. The van der Waals surface area contributed by atoms with Crippen LogP contribution in [0.4, 0.5) is 0 Å². The Labute approximate surface area is 190 Å². The highest BCUT2D eigenvalue weighted by atomic mass is 35.5. The summed E-state index contributed by atoms with van der Waals surface area (Å²) in [5, 5.41) is 20.6. The van der Waals surface area contributed by atoms with Crippen molar-refractivity contribution in [3.63, 3.8) is 0 Å². The van der Waals surface area contributed by atoms with Crippen molar-refractivity contribution in [3.05, 3.63) is 105 Å². The van der Waals surface area contributed by atoms with Crippen molar-refractivity contribution >= 4 is 11.6 Å². The second kappa shape index (κ2) is 9.01. The summed E-state index contributed by atoms with van der Waals surface area (Å²) in [6, 6.07) is 23.8. The molecule has 0 fully saturated rings. The number of aromatic nitrogens is 1. The number of phenolic OH excluding ortho intramolecular Hbond substituents is 1. The summed E-state index contributed by atoms with van der Waals surface area (Å²) in [6.07, 6.45) is 0. The highest BCUT2D eigenvalue weighted by molar-refractivity contribution is 6.31. The lowest BCUT2D eigenvalue weighted by molar-refractivity contribution is 0.306.